The molecule has 0 amide bonds. The van der Waals surface area contributed by atoms with Gasteiger partial charge in [-0.05, 0) is 25.0 Å². The fraction of sp³-hybridized carbons (Fsp3) is 0.500. The molecule has 6 heteroatoms. The van der Waals surface area contributed by atoms with Crippen molar-refractivity contribution in [1.82, 2.24) is 0 Å². The molecule has 0 aliphatic rings. The molecule has 1 aromatic carbocycles. The molecule has 0 radical (unpaired) electrons. The van der Waals surface area contributed by atoms with E-state index in [0.717, 1.165) is 12.8 Å². The van der Waals surface area contributed by atoms with Crippen molar-refractivity contribution in [2.45, 2.75) is 39.5 Å². The summed E-state index contributed by atoms with van der Waals surface area (Å²) in [4.78, 5) is 24.5. The van der Waals surface area contributed by atoms with Crippen LogP contribution >= 0.6 is 0 Å². The van der Waals surface area contributed by atoms with E-state index < -0.39 is 0 Å². The van der Waals surface area contributed by atoms with E-state index in [2.05, 4.69) is 0 Å². The highest BCUT2D eigenvalue weighted by Gasteiger charge is 2.17. The summed E-state index contributed by atoms with van der Waals surface area (Å²) < 4.78 is 21.0. The smallest absolute Gasteiger partial charge is 0.333 e. The molecule has 1 rings (SSSR count). The average Bonchev–Trinajstić information content (AvgIpc) is 2.66. The number of carbonyl (C=O) groups excluding carboxylic acids is 2. The quantitative estimate of drug-likeness (QED) is 0.336. The molecule has 0 aliphatic heterocycles. The van der Waals surface area contributed by atoms with Crippen LogP contribution in [0.4, 0.5) is 0 Å². The second-order valence-electron chi connectivity index (χ2n) is 5.61. The third-order valence-electron chi connectivity index (χ3n) is 3.78. The second-order valence-corrected chi connectivity index (χ2v) is 5.61. The van der Waals surface area contributed by atoms with E-state index in [9.17, 15) is 9.59 Å². The molecular formula is C20H28O6. The zero-order chi connectivity index (χ0) is 19.5. The number of rotatable bonds is 11. The Kier molecular flexibility index (Phi) is 9.26. The molecule has 0 N–H and O–H groups in total. The minimum Gasteiger partial charge on any atom is -0.493 e. The Labute approximate surface area is 155 Å². The summed E-state index contributed by atoms with van der Waals surface area (Å²) in [6.07, 6.45) is 4.26. The maximum absolute atomic E-state index is 12.4. The van der Waals surface area contributed by atoms with Crippen LogP contribution < -0.4 is 14.2 Å². The van der Waals surface area contributed by atoms with E-state index >= 15 is 0 Å². The Balaban J connectivity index is 2.77. The number of allylic oxidation sites excluding steroid dienone is 1. The van der Waals surface area contributed by atoms with Crippen LogP contribution in [-0.2, 0) is 9.53 Å². The van der Waals surface area contributed by atoms with Crippen LogP contribution in [0.2, 0.25) is 0 Å². The van der Waals surface area contributed by atoms with Crippen LogP contribution in [0.3, 0.4) is 0 Å². The third kappa shape index (κ3) is 5.79. The maximum Gasteiger partial charge on any atom is 0.333 e. The molecule has 0 heterocycles. The summed E-state index contributed by atoms with van der Waals surface area (Å²) in [5.74, 6) is 0.707. The number of ether oxygens (including phenoxy) is 4. The van der Waals surface area contributed by atoms with Crippen LogP contribution in [0.25, 0.3) is 0 Å². The van der Waals surface area contributed by atoms with Gasteiger partial charge in [0.1, 0.15) is 0 Å². The van der Waals surface area contributed by atoms with Crippen molar-refractivity contribution in [2.24, 2.45) is 0 Å². The van der Waals surface area contributed by atoms with Crippen molar-refractivity contribution >= 4 is 11.8 Å². The first kappa shape index (κ1) is 21.5. The molecule has 0 atom stereocenters. The van der Waals surface area contributed by atoms with Crippen LogP contribution in [0, 0.1) is 0 Å². The largest absolute Gasteiger partial charge is 0.493 e. The standard InChI is InChI=1S/C20H28O6/c1-6-8-14(9-7-2)20(22)26-11-10-16(21)15-12-17(23-3)19(25-5)18(13-15)24-4/h8,12-13H,6-7,9-11H2,1-5H3. The Hall–Kier alpha value is -2.50. The Bertz CT molecular complexity index is 623. The lowest BCUT2D eigenvalue weighted by molar-refractivity contribution is -0.139. The molecule has 0 aromatic heterocycles. The number of ketones is 1. The molecule has 0 saturated heterocycles. The maximum atomic E-state index is 12.4. The monoisotopic (exact) mass is 364 g/mol. The van der Waals surface area contributed by atoms with Crippen LogP contribution in [0.15, 0.2) is 23.8 Å². The lowest BCUT2D eigenvalue weighted by atomic mass is 10.1. The first-order valence-electron chi connectivity index (χ1n) is 8.71. The summed E-state index contributed by atoms with van der Waals surface area (Å²) in [6, 6.07) is 3.18. The van der Waals surface area contributed by atoms with E-state index in [4.69, 9.17) is 18.9 Å². The molecule has 26 heavy (non-hydrogen) atoms. The van der Waals surface area contributed by atoms with Crippen molar-refractivity contribution in [3.8, 4) is 17.2 Å². The molecule has 0 fully saturated rings. The number of Topliss-reactive ketones (excluding diaryl/α,β-unsaturated/α-hetero) is 1. The highest BCUT2D eigenvalue weighted by atomic mass is 16.5. The first-order valence-corrected chi connectivity index (χ1v) is 8.71. The molecule has 144 valence electrons. The molecule has 0 spiro atoms. The number of hydrogen-bond acceptors (Lipinski definition) is 6. The van der Waals surface area contributed by atoms with E-state index in [-0.39, 0.29) is 24.8 Å². The molecule has 0 bridgehead atoms. The van der Waals surface area contributed by atoms with Crippen LogP contribution in [0.5, 0.6) is 17.2 Å². The summed E-state index contributed by atoms with van der Waals surface area (Å²) in [6.45, 7) is 4.00. The van der Waals surface area contributed by atoms with Gasteiger partial charge in [-0.15, -0.1) is 0 Å². The number of benzene rings is 1. The summed E-state index contributed by atoms with van der Waals surface area (Å²) in [7, 11) is 4.48. The van der Waals surface area contributed by atoms with Gasteiger partial charge in [-0.25, -0.2) is 4.79 Å². The third-order valence-corrected chi connectivity index (χ3v) is 3.78. The zero-order valence-electron chi connectivity index (χ0n) is 16.2. The van der Waals surface area contributed by atoms with Crippen molar-refractivity contribution in [2.75, 3.05) is 27.9 Å². The van der Waals surface area contributed by atoms with Crippen molar-refractivity contribution in [3.63, 3.8) is 0 Å². The summed E-state index contributed by atoms with van der Waals surface area (Å²) in [5.41, 5.74) is 1.07. The first-order chi connectivity index (χ1) is 12.5. The normalized spacial score (nSPS) is 11.0. The lowest BCUT2D eigenvalue weighted by Crippen LogP contribution is -2.12. The minimum atomic E-state index is -0.355. The van der Waals surface area contributed by atoms with Gasteiger partial charge in [0.25, 0.3) is 0 Å². The van der Waals surface area contributed by atoms with Crippen molar-refractivity contribution in [1.29, 1.82) is 0 Å². The number of esters is 1. The second kappa shape index (κ2) is 11.2. The predicted molar refractivity (Wildman–Crippen MR) is 99.3 cm³/mol. The molecule has 6 nitrogen and oxygen atoms in total. The highest BCUT2D eigenvalue weighted by molar-refractivity contribution is 5.97. The fourth-order valence-corrected chi connectivity index (χ4v) is 2.52. The molecular weight excluding hydrogens is 336 g/mol. The van der Waals surface area contributed by atoms with E-state index in [1.165, 1.54) is 21.3 Å². The lowest BCUT2D eigenvalue weighted by Gasteiger charge is -2.13. The highest BCUT2D eigenvalue weighted by Crippen LogP contribution is 2.38. The predicted octanol–water partition coefficient (Wildman–Crippen LogP) is 3.96. The van der Waals surface area contributed by atoms with Gasteiger partial charge in [0, 0.05) is 17.6 Å². The van der Waals surface area contributed by atoms with Gasteiger partial charge in [0.2, 0.25) is 5.75 Å². The van der Waals surface area contributed by atoms with Gasteiger partial charge in [-0.3, -0.25) is 4.79 Å². The van der Waals surface area contributed by atoms with Crippen LogP contribution in [-0.4, -0.2) is 39.7 Å². The van der Waals surface area contributed by atoms with Gasteiger partial charge >= 0.3 is 5.97 Å². The van der Waals surface area contributed by atoms with Gasteiger partial charge in [0.05, 0.1) is 27.9 Å². The Morgan fingerprint density at radius 2 is 1.58 bits per heavy atom. The number of hydrogen-bond donors (Lipinski definition) is 0. The molecule has 0 unspecified atom stereocenters. The van der Waals surface area contributed by atoms with Gasteiger partial charge in [-0.2, -0.15) is 0 Å². The minimum absolute atomic E-state index is 0.0269. The molecule has 0 saturated carbocycles. The van der Waals surface area contributed by atoms with E-state index in [1.807, 2.05) is 19.9 Å². The number of carbonyl (C=O) groups is 2. The summed E-state index contributed by atoms with van der Waals surface area (Å²) >= 11 is 0. The van der Waals surface area contributed by atoms with Crippen LogP contribution in [0.1, 0.15) is 49.9 Å². The molecule has 1 aromatic rings. The van der Waals surface area contributed by atoms with E-state index in [0.29, 0.717) is 34.8 Å². The van der Waals surface area contributed by atoms with Gasteiger partial charge in [0.15, 0.2) is 17.3 Å². The van der Waals surface area contributed by atoms with Gasteiger partial charge < -0.3 is 18.9 Å². The van der Waals surface area contributed by atoms with E-state index in [1.54, 1.807) is 12.1 Å². The van der Waals surface area contributed by atoms with Crippen molar-refractivity contribution < 1.29 is 28.5 Å². The van der Waals surface area contributed by atoms with Gasteiger partial charge in [-0.1, -0.05) is 26.3 Å². The summed E-state index contributed by atoms with van der Waals surface area (Å²) in [5, 5.41) is 0. The molecule has 0 aliphatic carbocycles. The topological polar surface area (TPSA) is 71.1 Å². The number of methoxy groups -OCH3 is 3. The zero-order valence-corrected chi connectivity index (χ0v) is 16.2. The fourth-order valence-electron chi connectivity index (χ4n) is 2.52. The average molecular weight is 364 g/mol. The van der Waals surface area contributed by atoms with Crippen molar-refractivity contribution in [3.05, 3.63) is 29.3 Å². The Morgan fingerprint density at radius 3 is 2.04 bits per heavy atom. The SMILES string of the molecule is CCC=C(CCC)C(=O)OCCC(=O)c1cc(OC)c(OC)c(OC)c1. The Morgan fingerprint density at radius 1 is 0.962 bits per heavy atom.